The van der Waals surface area contributed by atoms with Crippen molar-refractivity contribution in [2.24, 2.45) is 0 Å². The summed E-state index contributed by atoms with van der Waals surface area (Å²) in [5, 5.41) is 0. The maximum Gasteiger partial charge on any atom is 0.0981 e. The Morgan fingerprint density at radius 2 is 2.12 bits per heavy atom. The van der Waals surface area contributed by atoms with E-state index in [4.69, 9.17) is 0 Å². The van der Waals surface area contributed by atoms with Crippen LogP contribution in [0.3, 0.4) is 0 Å². The molecule has 0 aliphatic rings. The van der Waals surface area contributed by atoms with Crippen molar-refractivity contribution in [3.63, 3.8) is 0 Å². The molecule has 0 heterocycles. The highest BCUT2D eigenvalue weighted by atomic mass is 19.3. The molecule has 0 saturated carbocycles. The first kappa shape index (κ1) is 7.89. The van der Waals surface area contributed by atoms with Gasteiger partial charge in [-0.15, -0.1) is 0 Å². The summed E-state index contributed by atoms with van der Waals surface area (Å²) in [5.74, 6) is 0. The molecule has 8 heavy (non-hydrogen) atoms. The maximum absolute atomic E-state index is 11.3. The fourth-order valence-electron chi connectivity index (χ4n) is 0.634. The van der Waals surface area contributed by atoms with Crippen molar-refractivity contribution in [2.45, 2.75) is 39.2 Å². The van der Waals surface area contributed by atoms with Crippen LogP contribution in [0.1, 0.15) is 33.1 Å². The first-order valence-electron chi connectivity index (χ1n) is 3.12. The molecule has 0 fully saturated rings. The highest BCUT2D eigenvalue weighted by molar-refractivity contribution is 4.49. The van der Waals surface area contributed by atoms with Crippen LogP contribution in [0, 0.1) is 0 Å². The molecule has 0 N–H and O–H groups in total. The fourth-order valence-corrected chi connectivity index (χ4v) is 0.634. The van der Waals surface area contributed by atoms with E-state index in [0.29, 0.717) is 0 Å². The normalized spacial score (nSPS) is 13.9. The Bertz CT molecular complexity index is 43.8. The SMILES string of the molecule is CCCC(CC)OF. The monoisotopic (exact) mass is 120 g/mol. The molecule has 0 rings (SSSR count). The summed E-state index contributed by atoms with van der Waals surface area (Å²) in [6.45, 7) is 3.93. The lowest BCUT2D eigenvalue weighted by Gasteiger charge is -2.04. The van der Waals surface area contributed by atoms with Crippen molar-refractivity contribution < 1.29 is 9.47 Å². The molecule has 1 nitrogen and oxygen atoms in total. The summed E-state index contributed by atoms with van der Waals surface area (Å²) in [7, 11) is 0. The van der Waals surface area contributed by atoms with Gasteiger partial charge in [-0.1, -0.05) is 20.3 Å². The summed E-state index contributed by atoms with van der Waals surface area (Å²) < 4.78 is 11.3. The smallest absolute Gasteiger partial charge is 0.0981 e. The lowest BCUT2D eigenvalue weighted by molar-refractivity contribution is -0.181. The van der Waals surface area contributed by atoms with Crippen LogP contribution in [0.4, 0.5) is 4.53 Å². The molecule has 0 bridgehead atoms. The Hall–Kier alpha value is -0.110. The summed E-state index contributed by atoms with van der Waals surface area (Å²) in [6.07, 6.45) is 2.42. The van der Waals surface area contributed by atoms with Crippen LogP contribution in [0.5, 0.6) is 0 Å². The summed E-state index contributed by atoms with van der Waals surface area (Å²) in [5.41, 5.74) is 0. The zero-order chi connectivity index (χ0) is 6.41. The van der Waals surface area contributed by atoms with E-state index in [1.807, 2.05) is 13.8 Å². The summed E-state index contributed by atoms with van der Waals surface area (Å²) >= 11 is 0. The van der Waals surface area contributed by atoms with E-state index in [-0.39, 0.29) is 6.10 Å². The summed E-state index contributed by atoms with van der Waals surface area (Å²) in [6, 6.07) is 0. The third-order valence-electron chi connectivity index (χ3n) is 1.19. The van der Waals surface area contributed by atoms with Gasteiger partial charge in [0, 0.05) is 0 Å². The predicted octanol–water partition coefficient (Wildman–Crippen LogP) is 2.47. The van der Waals surface area contributed by atoms with Crippen molar-refractivity contribution in [1.29, 1.82) is 0 Å². The zero-order valence-electron chi connectivity index (χ0n) is 5.48. The predicted molar refractivity (Wildman–Crippen MR) is 31.2 cm³/mol. The van der Waals surface area contributed by atoms with Crippen molar-refractivity contribution in [2.75, 3.05) is 0 Å². The first-order chi connectivity index (χ1) is 3.85. The van der Waals surface area contributed by atoms with Crippen LogP contribution in [0.25, 0.3) is 0 Å². The Morgan fingerprint density at radius 3 is 2.25 bits per heavy atom. The van der Waals surface area contributed by atoms with Gasteiger partial charge in [0.25, 0.3) is 0 Å². The highest BCUT2D eigenvalue weighted by Crippen LogP contribution is 2.05. The first-order valence-corrected chi connectivity index (χ1v) is 3.12. The van der Waals surface area contributed by atoms with Crippen LogP contribution in [0.15, 0.2) is 0 Å². The molecule has 50 valence electrons. The van der Waals surface area contributed by atoms with Gasteiger partial charge in [-0.2, -0.15) is 4.94 Å². The molecule has 1 atom stereocenters. The average molecular weight is 120 g/mol. The van der Waals surface area contributed by atoms with Crippen LogP contribution in [-0.4, -0.2) is 6.10 Å². The van der Waals surface area contributed by atoms with Gasteiger partial charge in [0.1, 0.15) is 0 Å². The standard InChI is InChI=1S/C6H13FO/c1-3-5-6(4-2)8-7/h6H,3-5H2,1-2H3. The van der Waals surface area contributed by atoms with Gasteiger partial charge in [0.05, 0.1) is 6.10 Å². The molecule has 0 spiro atoms. The summed E-state index contributed by atoms with van der Waals surface area (Å²) in [4.78, 5) is 3.64. The van der Waals surface area contributed by atoms with Crippen LogP contribution in [0.2, 0.25) is 0 Å². The second-order valence-electron chi connectivity index (χ2n) is 1.91. The lowest BCUT2D eigenvalue weighted by Crippen LogP contribution is -2.04. The van der Waals surface area contributed by atoms with Crippen LogP contribution in [-0.2, 0) is 4.94 Å². The molecule has 0 amide bonds. The van der Waals surface area contributed by atoms with Crippen molar-refractivity contribution in [1.82, 2.24) is 0 Å². The molecule has 0 aromatic rings. The second-order valence-corrected chi connectivity index (χ2v) is 1.91. The van der Waals surface area contributed by atoms with Crippen molar-refractivity contribution in [3.05, 3.63) is 0 Å². The molecule has 1 unspecified atom stereocenters. The van der Waals surface area contributed by atoms with Gasteiger partial charge in [0.2, 0.25) is 0 Å². The maximum atomic E-state index is 11.3. The molecule has 0 aliphatic heterocycles. The van der Waals surface area contributed by atoms with Crippen molar-refractivity contribution >= 4 is 0 Å². The van der Waals surface area contributed by atoms with Gasteiger partial charge >= 0.3 is 0 Å². The van der Waals surface area contributed by atoms with Gasteiger partial charge in [-0.3, -0.25) is 0 Å². The largest absolute Gasteiger partial charge is 0.191 e. The minimum atomic E-state index is -0.167. The van der Waals surface area contributed by atoms with Gasteiger partial charge in [-0.05, 0) is 17.4 Å². The van der Waals surface area contributed by atoms with Gasteiger partial charge in [-0.25, -0.2) is 0 Å². The highest BCUT2D eigenvalue weighted by Gasteiger charge is 2.02. The number of rotatable bonds is 4. The van der Waals surface area contributed by atoms with Crippen LogP contribution >= 0.6 is 0 Å². The van der Waals surface area contributed by atoms with Gasteiger partial charge in [0.15, 0.2) is 0 Å². The molecule has 0 aromatic carbocycles. The van der Waals surface area contributed by atoms with E-state index in [9.17, 15) is 4.53 Å². The molecule has 2 heteroatoms. The minimum absolute atomic E-state index is 0.167. The lowest BCUT2D eigenvalue weighted by atomic mass is 10.2. The average Bonchev–Trinajstić information content (AvgIpc) is 1.83. The van der Waals surface area contributed by atoms with E-state index >= 15 is 0 Å². The van der Waals surface area contributed by atoms with Gasteiger partial charge < -0.3 is 0 Å². The third-order valence-corrected chi connectivity index (χ3v) is 1.19. The third kappa shape index (κ3) is 2.97. The molecular weight excluding hydrogens is 107 g/mol. The molecular formula is C6H13FO. The van der Waals surface area contributed by atoms with Crippen molar-refractivity contribution in [3.8, 4) is 0 Å². The Labute approximate surface area is 49.7 Å². The molecule has 0 aliphatic carbocycles. The zero-order valence-corrected chi connectivity index (χ0v) is 5.48. The Morgan fingerprint density at radius 1 is 1.50 bits per heavy atom. The Kier molecular flexibility index (Phi) is 4.97. The van der Waals surface area contributed by atoms with E-state index in [1.165, 1.54) is 0 Å². The Balaban J connectivity index is 3.07. The number of halogens is 1. The number of hydrogen-bond donors (Lipinski definition) is 0. The van der Waals surface area contributed by atoms with E-state index in [1.54, 1.807) is 0 Å². The van der Waals surface area contributed by atoms with Crippen LogP contribution < -0.4 is 0 Å². The molecule has 0 aromatic heterocycles. The quantitative estimate of drug-likeness (QED) is 0.553. The fraction of sp³-hybridized carbons (Fsp3) is 1.00. The topological polar surface area (TPSA) is 9.23 Å². The molecule has 0 radical (unpaired) electrons. The second kappa shape index (κ2) is 5.04. The van der Waals surface area contributed by atoms with E-state index < -0.39 is 0 Å². The minimum Gasteiger partial charge on any atom is -0.191 e. The van der Waals surface area contributed by atoms with E-state index in [2.05, 4.69) is 4.94 Å². The molecule has 0 saturated heterocycles. The number of hydrogen-bond acceptors (Lipinski definition) is 1. The van der Waals surface area contributed by atoms with E-state index in [0.717, 1.165) is 19.3 Å².